The van der Waals surface area contributed by atoms with E-state index in [4.69, 9.17) is 16.8 Å². The Morgan fingerprint density at radius 3 is 1.62 bits per heavy atom. The molecular weight excluding hydrogens is 334 g/mol. The summed E-state index contributed by atoms with van der Waals surface area (Å²) in [5.74, 6) is 0.433. The highest BCUT2D eigenvalue weighted by Gasteiger charge is 2.43. The summed E-state index contributed by atoms with van der Waals surface area (Å²) in [6, 6.07) is 0. The fourth-order valence-electron chi connectivity index (χ4n) is 4.16. The van der Waals surface area contributed by atoms with Crippen LogP contribution in [0.5, 0.6) is 0 Å². The number of nitrogens with zero attached hydrogens (tertiary/aromatic N) is 1. The molecule has 0 aromatic rings. The van der Waals surface area contributed by atoms with Gasteiger partial charge in [-0.05, 0) is 29.9 Å². The summed E-state index contributed by atoms with van der Waals surface area (Å²) in [4.78, 5) is 0. The van der Waals surface area contributed by atoms with Gasteiger partial charge in [0.25, 0.3) is 0 Å². The van der Waals surface area contributed by atoms with Crippen LogP contribution < -0.4 is 0 Å². The lowest BCUT2D eigenvalue weighted by Gasteiger charge is -2.39. The van der Waals surface area contributed by atoms with Crippen LogP contribution in [-0.4, -0.2) is 5.54 Å². The normalized spacial score (nSPS) is 32.6. The zero-order chi connectivity index (χ0) is 18.1. The molecule has 3 aliphatic carbocycles. The van der Waals surface area contributed by atoms with Crippen LogP contribution in [0.3, 0.4) is 0 Å². The van der Waals surface area contributed by atoms with Crippen LogP contribution in [0.4, 0.5) is 0 Å². The van der Waals surface area contributed by atoms with Crippen LogP contribution in [0.1, 0.15) is 38.5 Å². The first kappa shape index (κ1) is 18.7. The molecule has 1 saturated carbocycles. The fourth-order valence-corrected chi connectivity index (χ4v) is 4.52. The van der Waals surface area contributed by atoms with Crippen LogP contribution in [-0.2, 0) is 12.4 Å². The van der Waals surface area contributed by atoms with E-state index in [-0.39, 0.29) is 0 Å². The zero-order valence-electron chi connectivity index (χ0n) is 15.3. The van der Waals surface area contributed by atoms with E-state index in [1.807, 2.05) is 12.2 Å². The first-order chi connectivity index (χ1) is 12.9. The number of rotatable bonds is 4. The molecule has 134 valence electrons. The zero-order valence-corrected chi connectivity index (χ0v) is 16.1. The monoisotopic (exact) mass is 361 g/mol. The molecule has 3 aliphatic rings. The van der Waals surface area contributed by atoms with Gasteiger partial charge < -0.3 is 0 Å². The van der Waals surface area contributed by atoms with Gasteiger partial charge in [-0.2, -0.15) is 0 Å². The second-order valence-corrected chi connectivity index (χ2v) is 7.23. The predicted octanol–water partition coefficient (Wildman–Crippen LogP) is 6.64. The van der Waals surface area contributed by atoms with Crippen molar-refractivity contribution in [3.8, 4) is 0 Å². The molecule has 1 fully saturated rings. The molecule has 0 amide bonds. The average Bonchev–Trinajstić information content (AvgIpc) is 2.88. The highest BCUT2D eigenvalue weighted by atomic mass is 32.1. The highest BCUT2D eigenvalue weighted by molar-refractivity contribution is 7.47. The summed E-state index contributed by atoms with van der Waals surface area (Å²) in [6.07, 6.45) is 37.0. The molecule has 0 unspecified atom stereocenters. The van der Waals surface area contributed by atoms with Crippen molar-refractivity contribution in [3.63, 3.8) is 0 Å². The van der Waals surface area contributed by atoms with Gasteiger partial charge >= 0.3 is 0 Å². The lowest BCUT2D eigenvalue weighted by molar-refractivity contribution is 0.337. The Morgan fingerprint density at radius 2 is 1.12 bits per heavy atom. The van der Waals surface area contributed by atoms with Crippen LogP contribution >= 0.6 is 0 Å². The van der Waals surface area contributed by atoms with Gasteiger partial charge in [0.15, 0.2) is 0 Å². The molecule has 1 nitrogen and oxygen atoms in total. The maximum absolute atomic E-state index is 5.52. The van der Waals surface area contributed by atoms with Crippen molar-refractivity contribution in [2.24, 2.45) is 10.3 Å². The van der Waals surface area contributed by atoms with E-state index >= 15 is 0 Å². The van der Waals surface area contributed by atoms with Crippen molar-refractivity contribution < 1.29 is 0 Å². The maximum atomic E-state index is 5.52. The van der Waals surface area contributed by atoms with Crippen LogP contribution in [0.25, 0.3) is 0 Å². The molecule has 0 aliphatic heterocycles. The lowest BCUT2D eigenvalue weighted by atomic mass is 9.69. The topological polar surface area (TPSA) is 12.4 Å². The smallest absolute Gasteiger partial charge is 0.126 e. The van der Waals surface area contributed by atoms with Gasteiger partial charge in [0.05, 0.1) is 0 Å². The molecule has 2 heteroatoms. The molecule has 3 rings (SSSR count). The molecule has 0 heterocycles. The van der Waals surface area contributed by atoms with Crippen molar-refractivity contribution in [1.82, 2.24) is 0 Å². The molecule has 0 aromatic carbocycles. The van der Waals surface area contributed by atoms with Crippen molar-refractivity contribution >= 4 is 12.4 Å². The van der Waals surface area contributed by atoms with Gasteiger partial charge in [-0.15, -0.1) is 0 Å². The summed E-state index contributed by atoms with van der Waals surface area (Å²) in [7, 11) is 0. The third-order valence-corrected chi connectivity index (χ3v) is 5.75. The van der Waals surface area contributed by atoms with E-state index in [9.17, 15) is 0 Å². The Hall–Kier alpha value is -2.06. The minimum atomic E-state index is -0.474. The van der Waals surface area contributed by atoms with E-state index in [1.165, 1.54) is 49.7 Å². The maximum Gasteiger partial charge on any atom is 0.126 e. The molecular formula is C24H27NS. The first-order valence-electron chi connectivity index (χ1n) is 9.67. The molecule has 26 heavy (non-hydrogen) atoms. The van der Waals surface area contributed by atoms with Gasteiger partial charge in [0.1, 0.15) is 5.54 Å². The van der Waals surface area contributed by atoms with Gasteiger partial charge in [0, 0.05) is 12.4 Å². The predicted molar refractivity (Wildman–Crippen MR) is 115 cm³/mol. The third-order valence-electron chi connectivity index (χ3n) is 5.46. The Balaban J connectivity index is 2.14. The Labute approximate surface area is 163 Å². The SMILES string of the molecule is S=NC(C1=C/C=C\C=C/C=C\1)(C1=C/C=C\C=C/C=C\1)C1CCCCCC1. The molecule has 0 saturated heterocycles. The van der Waals surface area contributed by atoms with E-state index in [0.717, 1.165) is 0 Å². The molecule has 0 bridgehead atoms. The van der Waals surface area contributed by atoms with Gasteiger partial charge in [-0.25, -0.2) is 4.36 Å². The van der Waals surface area contributed by atoms with Crippen molar-refractivity contribution in [1.29, 1.82) is 0 Å². The Bertz CT molecular complexity index is 684. The van der Waals surface area contributed by atoms with E-state index < -0.39 is 5.54 Å². The first-order valence-corrected chi connectivity index (χ1v) is 10.0. The van der Waals surface area contributed by atoms with Crippen molar-refractivity contribution in [3.05, 3.63) is 96.2 Å². The quantitative estimate of drug-likeness (QED) is 0.511. The van der Waals surface area contributed by atoms with Crippen LogP contribution in [0, 0.1) is 5.92 Å². The highest BCUT2D eigenvalue weighted by Crippen LogP contribution is 2.45. The van der Waals surface area contributed by atoms with Gasteiger partial charge in [-0.1, -0.05) is 111 Å². The number of allylic oxidation sites excluding steroid dienone is 12. The largest absolute Gasteiger partial charge is 0.203 e. The lowest BCUT2D eigenvalue weighted by Crippen LogP contribution is -2.39. The minimum absolute atomic E-state index is 0.433. The summed E-state index contributed by atoms with van der Waals surface area (Å²) in [5.41, 5.74) is 1.90. The number of hydrogen-bond donors (Lipinski definition) is 0. The van der Waals surface area contributed by atoms with Crippen molar-refractivity contribution in [2.75, 3.05) is 0 Å². The Kier molecular flexibility index (Phi) is 6.90. The van der Waals surface area contributed by atoms with E-state index in [2.05, 4.69) is 72.9 Å². The Morgan fingerprint density at radius 1 is 0.654 bits per heavy atom. The third kappa shape index (κ3) is 4.19. The summed E-state index contributed by atoms with van der Waals surface area (Å²) in [6.45, 7) is 0. The summed E-state index contributed by atoms with van der Waals surface area (Å²) in [5, 5.41) is 0. The van der Waals surface area contributed by atoms with E-state index in [1.54, 1.807) is 0 Å². The van der Waals surface area contributed by atoms with Crippen LogP contribution in [0.15, 0.2) is 101 Å². The molecule has 0 atom stereocenters. The summed E-state index contributed by atoms with van der Waals surface area (Å²) >= 11 is 5.52. The van der Waals surface area contributed by atoms with Gasteiger partial charge in [-0.3, -0.25) is 0 Å². The second-order valence-electron chi connectivity index (χ2n) is 7.05. The van der Waals surface area contributed by atoms with Crippen LogP contribution in [0.2, 0.25) is 0 Å². The number of hydrogen-bond acceptors (Lipinski definition) is 2. The minimum Gasteiger partial charge on any atom is -0.203 e. The summed E-state index contributed by atoms with van der Waals surface area (Å²) < 4.78 is 4.71. The molecule has 0 spiro atoms. The fraction of sp³-hybridized carbons (Fsp3) is 0.333. The van der Waals surface area contributed by atoms with Crippen molar-refractivity contribution in [2.45, 2.75) is 44.1 Å². The van der Waals surface area contributed by atoms with Gasteiger partial charge in [0.2, 0.25) is 0 Å². The average molecular weight is 362 g/mol. The second kappa shape index (κ2) is 9.59. The standard InChI is InChI=1S/C24H27NS/c26-25-24(23-19-13-7-8-14-20-23,21-15-9-3-1-4-10-16-21)22-17-11-5-2-6-12-18-22/h1-6,9-12,15-18,23H,7-8,13-14,19-20H2/b3-1-,4-1?,5-2-,6-2?,9-3?,10-4-,11-5?,12-6-,15-9-,16-10?,17-11-,18-12?,21-15?,21-16+,22-17?,22-18+. The molecule has 0 aromatic heterocycles. The molecule has 0 N–H and O–H groups in total. The van der Waals surface area contributed by atoms with E-state index in [0.29, 0.717) is 5.92 Å². The molecule has 0 radical (unpaired) electrons.